The lowest BCUT2D eigenvalue weighted by Gasteiger charge is -2.36. The molecule has 5 heteroatoms. The highest BCUT2D eigenvalue weighted by Gasteiger charge is 2.46. The lowest BCUT2D eigenvalue weighted by molar-refractivity contribution is -0.157. The summed E-state index contributed by atoms with van der Waals surface area (Å²) in [5.74, 6) is -1.31. The second kappa shape index (κ2) is 9.21. The van der Waals surface area contributed by atoms with E-state index in [1.807, 2.05) is 43.3 Å². The molecule has 1 heterocycles. The van der Waals surface area contributed by atoms with Crippen LogP contribution in [0.25, 0.3) is 21.5 Å². The highest BCUT2D eigenvalue weighted by atomic mass is 16.5. The summed E-state index contributed by atoms with van der Waals surface area (Å²) in [5, 5.41) is 4.06. The van der Waals surface area contributed by atoms with Crippen LogP contribution in [0.2, 0.25) is 0 Å². The van der Waals surface area contributed by atoms with Crippen LogP contribution >= 0.6 is 0 Å². The highest BCUT2D eigenvalue weighted by Crippen LogP contribution is 2.37. The molecule has 5 rings (SSSR count). The molecular formula is C29H31NO4. The third-order valence-corrected chi connectivity index (χ3v) is 7.45. The van der Waals surface area contributed by atoms with Crippen LogP contribution in [0.1, 0.15) is 79.5 Å². The zero-order valence-corrected chi connectivity index (χ0v) is 19.9. The Morgan fingerprint density at radius 3 is 2.06 bits per heavy atom. The second-order valence-corrected chi connectivity index (χ2v) is 9.64. The summed E-state index contributed by atoms with van der Waals surface area (Å²) in [6.45, 7) is 4.09. The molecule has 0 spiro atoms. The fourth-order valence-corrected chi connectivity index (χ4v) is 5.61. The molecule has 1 saturated carbocycles. The Labute approximate surface area is 200 Å². The van der Waals surface area contributed by atoms with Gasteiger partial charge in [-0.15, -0.1) is 0 Å². The number of amides is 2. The molecule has 0 N–H and O–H groups in total. The third kappa shape index (κ3) is 3.87. The summed E-state index contributed by atoms with van der Waals surface area (Å²) in [6.07, 6.45) is 5.51. The fourth-order valence-electron chi connectivity index (χ4n) is 5.61. The number of nitrogens with zero attached hydrogens (tertiary/aromatic N) is 1. The van der Waals surface area contributed by atoms with Gasteiger partial charge in [0.05, 0.1) is 23.1 Å². The normalized spacial score (nSPS) is 21.2. The number of imide groups is 1. The predicted octanol–water partition coefficient (Wildman–Crippen LogP) is 6.27. The maximum Gasteiger partial charge on any atom is 0.311 e. The number of fused-ring (bicyclic) bond motifs is 3. The van der Waals surface area contributed by atoms with E-state index in [1.54, 1.807) is 0 Å². The van der Waals surface area contributed by atoms with Gasteiger partial charge in [0.1, 0.15) is 6.10 Å². The molecule has 0 radical (unpaired) electrons. The Bertz CT molecular complexity index is 1210. The van der Waals surface area contributed by atoms with Gasteiger partial charge in [0, 0.05) is 0 Å². The number of carbonyl (C=O) groups is 3. The van der Waals surface area contributed by atoms with Gasteiger partial charge in [-0.2, -0.15) is 0 Å². The van der Waals surface area contributed by atoms with Gasteiger partial charge in [0.15, 0.2) is 0 Å². The number of ether oxygens (including phenoxy) is 1. The van der Waals surface area contributed by atoms with Gasteiger partial charge in [-0.05, 0) is 71.5 Å². The second-order valence-electron chi connectivity index (χ2n) is 9.64. The van der Waals surface area contributed by atoms with E-state index < -0.39 is 12.0 Å². The molecule has 3 aromatic rings. The number of esters is 1. The molecule has 34 heavy (non-hydrogen) atoms. The van der Waals surface area contributed by atoms with Crippen molar-refractivity contribution in [1.29, 1.82) is 0 Å². The SMILES string of the molecule is CCC[C@@H](CC)OC(=O)[C@@H]1CCCC[C@H]1N1C(=O)c2cc3cc4ccccc4cc3cc2C1=O. The van der Waals surface area contributed by atoms with Crippen LogP contribution in [-0.4, -0.2) is 34.8 Å². The molecule has 2 amide bonds. The number of benzene rings is 3. The summed E-state index contributed by atoms with van der Waals surface area (Å²) >= 11 is 0. The Morgan fingerprint density at radius 1 is 0.912 bits per heavy atom. The van der Waals surface area contributed by atoms with E-state index in [1.165, 1.54) is 4.90 Å². The van der Waals surface area contributed by atoms with Crippen LogP contribution in [0.4, 0.5) is 0 Å². The molecular weight excluding hydrogens is 426 g/mol. The van der Waals surface area contributed by atoms with E-state index >= 15 is 0 Å². The Kier molecular flexibility index (Phi) is 6.11. The molecule has 3 aromatic carbocycles. The molecule has 0 bridgehead atoms. The summed E-state index contributed by atoms with van der Waals surface area (Å²) in [7, 11) is 0. The van der Waals surface area contributed by atoms with Crippen molar-refractivity contribution in [2.45, 2.75) is 70.9 Å². The van der Waals surface area contributed by atoms with E-state index in [0.717, 1.165) is 53.6 Å². The van der Waals surface area contributed by atoms with Crippen molar-refractivity contribution in [2.75, 3.05) is 0 Å². The number of rotatable bonds is 6. The van der Waals surface area contributed by atoms with E-state index in [2.05, 4.69) is 19.1 Å². The molecule has 1 aliphatic heterocycles. The van der Waals surface area contributed by atoms with Crippen LogP contribution < -0.4 is 0 Å². The van der Waals surface area contributed by atoms with Crippen molar-refractivity contribution >= 4 is 39.3 Å². The predicted molar refractivity (Wildman–Crippen MR) is 133 cm³/mol. The lowest BCUT2D eigenvalue weighted by atomic mass is 9.83. The summed E-state index contributed by atoms with van der Waals surface area (Å²) in [6, 6.07) is 15.4. The van der Waals surface area contributed by atoms with Crippen LogP contribution in [0.15, 0.2) is 48.5 Å². The van der Waals surface area contributed by atoms with Crippen molar-refractivity contribution in [1.82, 2.24) is 4.90 Å². The molecule has 0 saturated heterocycles. The number of carbonyl (C=O) groups excluding carboxylic acids is 3. The van der Waals surface area contributed by atoms with Gasteiger partial charge >= 0.3 is 5.97 Å². The quantitative estimate of drug-likeness (QED) is 0.249. The van der Waals surface area contributed by atoms with Crippen molar-refractivity contribution in [3.63, 3.8) is 0 Å². The van der Waals surface area contributed by atoms with Crippen molar-refractivity contribution in [3.05, 3.63) is 59.7 Å². The first-order chi connectivity index (χ1) is 16.5. The van der Waals surface area contributed by atoms with Gasteiger partial charge in [-0.1, -0.05) is 57.4 Å². The minimum absolute atomic E-state index is 0.110. The van der Waals surface area contributed by atoms with Gasteiger partial charge < -0.3 is 4.74 Å². The minimum Gasteiger partial charge on any atom is -0.462 e. The monoisotopic (exact) mass is 457 g/mol. The van der Waals surface area contributed by atoms with Gasteiger partial charge in [-0.25, -0.2) is 0 Å². The van der Waals surface area contributed by atoms with Crippen LogP contribution in [0.5, 0.6) is 0 Å². The summed E-state index contributed by atoms with van der Waals surface area (Å²) in [4.78, 5) is 41.5. The fraction of sp³-hybridized carbons (Fsp3) is 0.414. The first kappa shape index (κ1) is 22.6. The highest BCUT2D eigenvalue weighted by molar-refractivity contribution is 6.23. The molecule has 1 aliphatic carbocycles. The van der Waals surface area contributed by atoms with Crippen LogP contribution in [0, 0.1) is 5.92 Å². The van der Waals surface area contributed by atoms with Gasteiger partial charge in [0.2, 0.25) is 0 Å². The lowest BCUT2D eigenvalue weighted by Crippen LogP contribution is -2.49. The Morgan fingerprint density at radius 2 is 1.50 bits per heavy atom. The molecule has 2 aliphatic rings. The molecule has 0 unspecified atom stereocenters. The van der Waals surface area contributed by atoms with Crippen molar-refractivity contribution in [3.8, 4) is 0 Å². The maximum atomic E-state index is 13.5. The van der Waals surface area contributed by atoms with E-state index in [-0.39, 0.29) is 23.9 Å². The number of hydrogen-bond donors (Lipinski definition) is 0. The van der Waals surface area contributed by atoms with Crippen molar-refractivity contribution < 1.29 is 19.1 Å². The van der Waals surface area contributed by atoms with Gasteiger partial charge in [-0.3, -0.25) is 19.3 Å². The van der Waals surface area contributed by atoms with Crippen LogP contribution in [-0.2, 0) is 9.53 Å². The molecule has 1 fully saturated rings. The van der Waals surface area contributed by atoms with E-state index in [4.69, 9.17) is 4.74 Å². The summed E-state index contributed by atoms with van der Waals surface area (Å²) in [5.41, 5.74) is 0.866. The molecule has 0 aromatic heterocycles. The zero-order valence-electron chi connectivity index (χ0n) is 19.9. The standard InChI is InChI=1S/C29H31NO4/c1-3-9-22(4-2)34-29(33)23-12-7-8-13-26(23)30-27(31)24-16-20-14-18-10-5-6-11-19(18)15-21(20)17-25(24)28(30)32/h5-6,10-11,14-17,22-23,26H,3-4,7-9,12-13H2,1-2H3/t22-,23-,26-/m1/s1. The zero-order chi connectivity index (χ0) is 23.8. The average Bonchev–Trinajstić information content (AvgIpc) is 3.09. The molecule has 176 valence electrons. The topological polar surface area (TPSA) is 63.7 Å². The van der Waals surface area contributed by atoms with E-state index in [9.17, 15) is 14.4 Å². The summed E-state index contributed by atoms with van der Waals surface area (Å²) < 4.78 is 5.84. The molecule has 5 nitrogen and oxygen atoms in total. The average molecular weight is 458 g/mol. The first-order valence-corrected chi connectivity index (χ1v) is 12.6. The van der Waals surface area contributed by atoms with E-state index in [0.29, 0.717) is 24.0 Å². The van der Waals surface area contributed by atoms with Crippen molar-refractivity contribution in [2.24, 2.45) is 5.92 Å². The Balaban J connectivity index is 1.47. The third-order valence-electron chi connectivity index (χ3n) is 7.45. The smallest absolute Gasteiger partial charge is 0.311 e. The van der Waals surface area contributed by atoms with Crippen LogP contribution in [0.3, 0.4) is 0 Å². The minimum atomic E-state index is -0.459. The molecule has 3 atom stereocenters. The first-order valence-electron chi connectivity index (χ1n) is 12.6. The Hall–Kier alpha value is -3.21. The maximum absolute atomic E-state index is 13.5. The van der Waals surface area contributed by atoms with Gasteiger partial charge in [0.25, 0.3) is 11.8 Å². The largest absolute Gasteiger partial charge is 0.462 e. The number of hydrogen-bond acceptors (Lipinski definition) is 4.